The van der Waals surface area contributed by atoms with E-state index in [2.05, 4.69) is 0 Å². The zero-order valence-corrected chi connectivity index (χ0v) is 17.6. The number of rotatable bonds is 5. The van der Waals surface area contributed by atoms with Crippen LogP contribution in [-0.4, -0.2) is 29.3 Å². The van der Waals surface area contributed by atoms with Gasteiger partial charge in [-0.2, -0.15) is 0 Å². The van der Waals surface area contributed by atoms with Crippen LogP contribution in [0.5, 0.6) is 0 Å². The number of nitrogens with zero attached hydrogens (tertiary/aromatic N) is 1. The predicted molar refractivity (Wildman–Crippen MR) is 114 cm³/mol. The Labute approximate surface area is 182 Å². The van der Waals surface area contributed by atoms with E-state index < -0.39 is 16.8 Å². The molecule has 8 heteroatoms. The summed E-state index contributed by atoms with van der Waals surface area (Å²) in [7, 11) is 0. The second kappa shape index (κ2) is 7.46. The summed E-state index contributed by atoms with van der Waals surface area (Å²) in [5.74, 6) is -1.20. The van der Waals surface area contributed by atoms with E-state index in [1.54, 1.807) is 30.0 Å². The number of carbonyl (C=O) groups excluding carboxylic acids is 3. The van der Waals surface area contributed by atoms with E-state index in [1.165, 1.54) is 11.8 Å². The Bertz CT molecular complexity index is 1220. The van der Waals surface area contributed by atoms with Gasteiger partial charge in [0, 0.05) is 23.1 Å². The molecule has 0 saturated carbocycles. The molecule has 0 radical (unpaired) electrons. The topological polar surface area (TPSA) is 86.0 Å². The minimum Gasteiger partial charge on any atom is -0.460 e. The maximum Gasteiger partial charge on any atom is 0.374 e. The summed E-state index contributed by atoms with van der Waals surface area (Å²) in [5.41, 5.74) is 1.69. The van der Waals surface area contributed by atoms with Crippen molar-refractivity contribution in [3.05, 3.63) is 59.9 Å². The normalized spacial score (nSPS) is 19.4. The highest BCUT2D eigenvalue weighted by Gasteiger charge is 2.58. The lowest BCUT2D eigenvalue weighted by molar-refractivity contribution is -0.148. The Morgan fingerprint density at radius 1 is 1.13 bits per heavy atom. The van der Waals surface area contributed by atoms with E-state index in [-0.39, 0.29) is 31.3 Å². The lowest BCUT2D eigenvalue weighted by Gasteiger charge is -2.28. The largest absolute Gasteiger partial charge is 0.460 e. The molecule has 1 amide bonds. The molecule has 31 heavy (non-hydrogen) atoms. The van der Waals surface area contributed by atoms with Crippen molar-refractivity contribution in [3.8, 4) is 0 Å². The van der Waals surface area contributed by atoms with E-state index in [0.717, 1.165) is 10.6 Å². The first-order valence-corrected chi connectivity index (χ1v) is 10.8. The van der Waals surface area contributed by atoms with Gasteiger partial charge in [0.15, 0.2) is 4.87 Å². The highest BCUT2D eigenvalue weighted by molar-refractivity contribution is 8.02. The summed E-state index contributed by atoms with van der Waals surface area (Å²) < 4.78 is 16.5. The molecule has 1 saturated heterocycles. The van der Waals surface area contributed by atoms with Crippen LogP contribution in [0.2, 0.25) is 0 Å². The molecule has 3 aromatic rings. The second-order valence-corrected chi connectivity index (χ2v) is 8.61. The first kappa shape index (κ1) is 19.7. The number of amides is 1. The van der Waals surface area contributed by atoms with Crippen molar-refractivity contribution in [1.82, 2.24) is 0 Å². The first-order valence-electron chi connectivity index (χ1n) is 10.0. The smallest absolute Gasteiger partial charge is 0.374 e. The van der Waals surface area contributed by atoms with Crippen LogP contribution in [-0.2, 0) is 25.7 Å². The lowest BCUT2D eigenvalue weighted by atomic mass is 10.1. The van der Waals surface area contributed by atoms with E-state index in [1.807, 2.05) is 30.3 Å². The molecule has 7 nitrogen and oxygen atoms in total. The first-order chi connectivity index (χ1) is 15.0. The van der Waals surface area contributed by atoms with Crippen LogP contribution >= 0.6 is 11.8 Å². The minimum atomic E-state index is -1.12. The summed E-state index contributed by atoms with van der Waals surface area (Å²) in [6, 6.07) is 14.6. The molecular formula is C23H19NO6S. The molecule has 0 bridgehead atoms. The average molecular weight is 437 g/mol. The molecule has 1 atom stereocenters. The third-order valence-corrected chi connectivity index (χ3v) is 6.96. The van der Waals surface area contributed by atoms with Crippen molar-refractivity contribution < 1.29 is 28.3 Å². The molecule has 5 rings (SSSR count). The van der Waals surface area contributed by atoms with Crippen molar-refractivity contribution in [2.45, 2.75) is 36.1 Å². The third-order valence-electron chi connectivity index (χ3n) is 5.50. The molecule has 0 unspecified atom stereocenters. The van der Waals surface area contributed by atoms with Gasteiger partial charge in [-0.25, -0.2) is 9.59 Å². The summed E-state index contributed by atoms with van der Waals surface area (Å²) in [6.45, 7) is 1.74. The summed E-state index contributed by atoms with van der Waals surface area (Å²) >= 11 is 1.34. The van der Waals surface area contributed by atoms with Crippen LogP contribution in [0.3, 0.4) is 0 Å². The monoisotopic (exact) mass is 437 g/mol. The van der Waals surface area contributed by atoms with Gasteiger partial charge in [-0.3, -0.25) is 9.69 Å². The molecule has 1 aromatic heterocycles. The average Bonchev–Trinajstić information content (AvgIpc) is 3.42. The van der Waals surface area contributed by atoms with Crippen molar-refractivity contribution in [2.75, 3.05) is 11.5 Å². The number of anilines is 1. The van der Waals surface area contributed by atoms with Gasteiger partial charge < -0.3 is 13.9 Å². The van der Waals surface area contributed by atoms with Crippen molar-refractivity contribution in [3.63, 3.8) is 0 Å². The van der Waals surface area contributed by atoms with Crippen molar-refractivity contribution in [1.29, 1.82) is 0 Å². The maximum absolute atomic E-state index is 13.3. The summed E-state index contributed by atoms with van der Waals surface area (Å²) in [6.07, 6.45) is 0.639. The molecule has 2 aliphatic rings. The van der Waals surface area contributed by atoms with Gasteiger partial charge in [-0.1, -0.05) is 42.1 Å². The van der Waals surface area contributed by atoms with Crippen LogP contribution in [0, 0.1) is 0 Å². The van der Waals surface area contributed by atoms with E-state index >= 15 is 0 Å². The minimum absolute atomic E-state index is 0.0232. The number of benzene rings is 2. The number of furan rings is 1. The van der Waals surface area contributed by atoms with Gasteiger partial charge in [0.05, 0.1) is 17.9 Å². The Hall–Kier alpha value is -3.26. The summed E-state index contributed by atoms with van der Waals surface area (Å²) in [4.78, 5) is 39.6. The van der Waals surface area contributed by atoms with Gasteiger partial charge in [-0.05, 0) is 25.1 Å². The Morgan fingerprint density at radius 2 is 1.90 bits per heavy atom. The number of fused-ring (bicyclic) bond motifs is 4. The lowest BCUT2D eigenvalue weighted by Crippen LogP contribution is -2.47. The van der Waals surface area contributed by atoms with Crippen molar-refractivity contribution in [2.24, 2.45) is 0 Å². The molecule has 2 aromatic carbocycles. The van der Waals surface area contributed by atoms with Gasteiger partial charge >= 0.3 is 11.9 Å². The number of esters is 2. The van der Waals surface area contributed by atoms with Gasteiger partial charge in [-0.15, -0.1) is 0 Å². The van der Waals surface area contributed by atoms with Crippen molar-refractivity contribution >= 4 is 46.3 Å². The quantitative estimate of drug-likeness (QED) is 0.551. The highest BCUT2D eigenvalue weighted by Crippen LogP contribution is 2.56. The number of thioether (sulfide) groups is 1. The summed E-state index contributed by atoms with van der Waals surface area (Å²) in [5, 5.41) is 0.678. The van der Waals surface area contributed by atoms with Crippen LogP contribution in [0.4, 0.5) is 5.69 Å². The third kappa shape index (κ3) is 3.01. The molecular weight excluding hydrogens is 418 g/mol. The molecule has 3 heterocycles. The van der Waals surface area contributed by atoms with Gasteiger partial charge in [0.25, 0.3) is 0 Å². The Kier molecular flexibility index (Phi) is 4.74. The predicted octanol–water partition coefficient (Wildman–Crippen LogP) is 4.28. The second-order valence-electron chi connectivity index (χ2n) is 7.29. The number of carbonyl (C=O) groups is 3. The fourth-order valence-electron chi connectivity index (χ4n) is 4.13. The highest BCUT2D eigenvalue weighted by atomic mass is 32.2. The van der Waals surface area contributed by atoms with E-state index in [4.69, 9.17) is 13.9 Å². The zero-order valence-electron chi connectivity index (χ0n) is 16.8. The molecule has 0 spiro atoms. The van der Waals surface area contributed by atoms with Crippen LogP contribution in [0.25, 0.3) is 11.0 Å². The van der Waals surface area contributed by atoms with E-state index in [0.29, 0.717) is 23.0 Å². The fourth-order valence-corrected chi connectivity index (χ4v) is 5.54. The number of hydrogen-bond acceptors (Lipinski definition) is 7. The Morgan fingerprint density at radius 3 is 2.74 bits per heavy atom. The number of ether oxygens (including phenoxy) is 2. The molecule has 1 fully saturated rings. The maximum atomic E-state index is 13.3. The van der Waals surface area contributed by atoms with Gasteiger partial charge in [0.1, 0.15) is 12.2 Å². The van der Waals surface area contributed by atoms with Crippen LogP contribution in [0.1, 0.15) is 35.9 Å². The molecule has 158 valence electrons. The zero-order chi connectivity index (χ0) is 21.6. The van der Waals surface area contributed by atoms with Crippen LogP contribution in [0.15, 0.2) is 57.8 Å². The molecule has 0 aliphatic carbocycles. The van der Waals surface area contributed by atoms with E-state index in [9.17, 15) is 14.4 Å². The fraction of sp³-hybridized carbons (Fsp3) is 0.261. The van der Waals surface area contributed by atoms with Gasteiger partial charge in [0.2, 0.25) is 11.7 Å². The van der Waals surface area contributed by atoms with Crippen LogP contribution < -0.4 is 4.90 Å². The number of para-hydroxylation sites is 2. The molecule has 0 N–H and O–H groups in total. The number of hydrogen-bond donors (Lipinski definition) is 0. The Balaban J connectivity index is 1.45. The SMILES string of the molecule is CCOC(=O)c1oc2ccccc2c1COC(=O)[C@]12CCC(=O)N1c1ccccc1S2. The molecule has 2 aliphatic heterocycles. The standard InChI is InChI=1S/C23H19NO6S/c1-2-28-21(26)20-15(14-7-3-5-9-17(14)30-20)13-29-22(27)23-12-11-19(25)24(23)16-8-4-6-10-18(16)31-23/h3-10H,2,11-13H2,1H3/t23-/m1/s1.